The largest absolute Gasteiger partial charge is 0.368 e. The molecule has 3 nitrogen and oxygen atoms in total. The van der Waals surface area contributed by atoms with Crippen LogP contribution in [0.5, 0.6) is 0 Å². The number of amides is 1. The Morgan fingerprint density at radius 1 is 1.58 bits per heavy atom. The summed E-state index contributed by atoms with van der Waals surface area (Å²) in [7, 11) is 0. The van der Waals surface area contributed by atoms with E-state index in [4.69, 9.17) is 5.73 Å². The first-order valence-electron chi connectivity index (χ1n) is 4.57. The van der Waals surface area contributed by atoms with E-state index in [9.17, 15) is 4.79 Å². The Kier molecular flexibility index (Phi) is 2.73. The number of nitrogens with two attached hydrogens (primary N) is 1. The van der Waals surface area contributed by atoms with Gasteiger partial charge in [0.25, 0.3) is 0 Å². The van der Waals surface area contributed by atoms with Crippen molar-refractivity contribution in [2.45, 2.75) is 39.3 Å². The Balaban J connectivity index is 2.29. The van der Waals surface area contributed by atoms with Crippen LogP contribution in [0.3, 0.4) is 0 Å². The van der Waals surface area contributed by atoms with E-state index < -0.39 is 0 Å². The highest BCUT2D eigenvalue weighted by molar-refractivity contribution is 5.79. The second kappa shape index (κ2) is 3.44. The lowest BCUT2D eigenvalue weighted by Gasteiger charge is -2.42. The molecule has 0 saturated heterocycles. The first-order valence-corrected chi connectivity index (χ1v) is 4.57. The van der Waals surface area contributed by atoms with Gasteiger partial charge >= 0.3 is 0 Å². The third kappa shape index (κ3) is 1.78. The average molecular weight is 170 g/mol. The zero-order valence-corrected chi connectivity index (χ0v) is 8.00. The molecule has 3 N–H and O–H groups in total. The van der Waals surface area contributed by atoms with Crippen LogP contribution in [0.25, 0.3) is 0 Å². The minimum absolute atomic E-state index is 0.190. The number of carbonyl (C=O) groups excluding carboxylic acids is 1. The van der Waals surface area contributed by atoms with Crippen molar-refractivity contribution in [1.82, 2.24) is 5.32 Å². The van der Waals surface area contributed by atoms with Gasteiger partial charge in [-0.2, -0.15) is 0 Å². The van der Waals surface area contributed by atoms with Crippen LogP contribution < -0.4 is 11.1 Å². The number of carbonyl (C=O) groups is 1. The molecule has 0 aromatic heterocycles. The van der Waals surface area contributed by atoms with Crippen LogP contribution in [0.1, 0.15) is 27.2 Å². The summed E-state index contributed by atoms with van der Waals surface area (Å²) in [6, 6.07) is 0.299. The smallest absolute Gasteiger partial charge is 0.234 e. The van der Waals surface area contributed by atoms with E-state index in [2.05, 4.69) is 19.2 Å². The second-order valence-electron chi connectivity index (χ2n) is 3.97. The quantitative estimate of drug-likeness (QED) is 0.648. The van der Waals surface area contributed by atoms with Gasteiger partial charge in [0.05, 0.1) is 6.04 Å². The van der Waals surface area contributed by atoms with E-state index in [1.807, 2.05) is 6.92 Å². The molecule has 1 saturated carbocycles. The van der Waals surface area contributed by atoms with E-state index in [1.54, 1.807) is 0 Å². The fourth-order valence-corrected chi connectivity index (χ4v) is 1.65. The molecular weight excluding hydrogens is 152 g/mol. The molecule has 4 atom stereocenters. The van der Waals surface area contributed by atoms with Gasteiger partial charge in [-0.1, -0.05) is 13.8 Å². The maximum atomic E-state index is 10.7. The number of primary amides is 1. The molecule has 1 rings (SSSR count). The Hall–Kier alpha value is -0.570. The highest BCUT2D eigenvalue weighted by Gasteiger charge is 2.35. The minimum Gasteiger partial charge on any atom is -0.368 e. The molecule has 12 heavy (non-hydrogen) atoms. The summed E-state index contributed by atoms with van der Waals surface area (Å²) in [5.41, 5.74) is 5.14. The molecule has 1 amide bonds. The fraction of sp³-hybridized carbons (Fsp3) is 0.889. The maximum Gasteiger partial charge on any atom is 0.234 e. The third-order valence-corrected chi connectivity index (χ3v) is 3.05. The molecule has 70 valence electrons. The summed E-state index contributed by atoms with van der Waals surface area (Å²) in [6.45, 7) is 6.26. The van der Waals surface area contributed by atoms with Gasteiger partial charge in [0.2, 0.25) is 5.91 Å². The van der Waals surface area contributed by atoms with E-state index >= 15 is 0 Å². The number of hydrogen-bond donors (Lipinski definition) is 2. The zero-order chi connectivity index (χ0) is 9.30. The molecule has 0 spiro atoms. The normalized spacial score (nSPS) is 37.1. The first-order chi connectivity index (χ1) is 5.52. The van der Waals surface area contributed by atoms with Crippen LogP contribution in [0, 0.1) is 11.8 Å². The second-order valence-corrected chi connectivity index (χ2v) is 3.97. The molecular formula is C9H18N2O. The lowest BCUT2D eigenvalue weighted by atomic mass is 9.71. The molecule has 0 heterocycles. The Morgan fingerprint density at radius 3 is 2.50 bits per heavy atom. The Morgan fingerprint density at radius 2 is 2.17 bits per heavy atom. The van der Waals surface area contributed by atoms with Crippen LogP contribution in [0.2, 0.25) is 0 Å². The van der Waals surface area contributed by atoms with Crippen molar-refractivity contribution in [2.75, 3.05) is 0 Å². The number of hydrogen-bond acceptors (Lipinski definition) is 2. The zero-order valence-electron chi connectivity index (χ0n) is 8.00. The maximum absolute atomic E-state index is 10.7. The van der Waals surface area contributed by atoms with Crippen LogP contribution >= 0.6 is 0 Å². The number of rotatable bonds is 3. The van der Waals surface area contributed by atoms with Crippen LogP contribution in [-0.2, 0) is 4.79 Å². The molecule has 1 fully saturated rings. The van der Waals surface area contributed by atoms with Gasteiger partial charge in [0.15, 0.2) is 0 Å². The summed E-state index contributed by atoms with van der Waals surface area (Å²) in [4.78, 5) is 10.7. The van der Waals surface area contributed by atoms with E-state index in [-0.39, 0.29) is 11.9 Å². The molecule has 0 radical (unpaired) electrons. The van der Waals surface area contributed by atoms with Gasteiger partial charge < -0.3 is 11.1 Å². The van der Waals surface area contributed by atoms with Crippen LogP contribution in [0.4, 0.5) is 0 Å². The molecule has 3 heteroatoms. The number of nitrogens with one attached hydrogen (secondary N) is 1. The Bertz CT molecular complexity index is 181. The molecule has 0 aromatic rings. The molecule has 1 aliphatic rings. The van der Waals surface area contributed by atoms with Crippen molar-refractivity contribution in [3.63, 3.8) is 0 Å². The van der Waals surface area contributed by atoms with Gasteiger partial charge in [-0.15, -0.1) is 0 Å². The standard InChI is InChI=1S/C9H18N2O/c1-5-4-8(6(5)2)11-7(3)9(10)12/h5-8,11H,4H2,1-3H3,(H2,10,12)/t5?,6?,7-,8?/m0/s1. The van der Waals surface area contributed by atoms with Crippen molar-refractivity contribution in [1.29, 1.82) is 0 Å². The summed E-state index contributed by atoms with van der Waals surface area (Å²) in [5.74, 6) is 1.19. The summed E-state index contributed by atoms with van der Waals surface area (Å²) in [5, 5.41) is 3.22. The Labute approximate surface area is 73.7 Å². The summed E-state index contributed by atoms with van der Waals surface area (Å²) >= 11 is 0. The lowest BCUT2D eigenvalue weighted by Crippen LogP contribution is -2.54. The summed E-state index contributed by atoms with van der Waals surface area (Å²) in [6.07, 6.45) is 1.17. The molecule has 0 aromatic carbocycles. The van der Waals surface area contributed by atoms with Gasteiger partial charge in [-0.25, -0.2) is 0 Å². The van der Waals surface area contributed by atoms with Gasteiger partial charge in [-0.3, -0.25) is 4.79 Å². The predicted molar refractivity (Wildman–Crippen MR) is 48.5 cm³/mol. The van der Waals surface area contributed by atoms with Crippen molar-refractivity contribution in [3.8, 4) is 0 Å². The van der Waals surface area contributed by atoms with Crippen LogP contribution in [0.15, 0.2) is 0 Å². The predicted octanol–water partition coefficient (Wildman–Crippen LogP) is 0.494. The van der Waals surface area contributed by atoms with Crippen molar-refractivity contribution in [2.24, 2.45) is 17.6 Å². The van der Waals surface area contributed by atoms with Gasteiger partial charge in [0, 0.05) is 6.04 Å². The highest BCUT2D eigenvalue weighted by Crippen LogP contribution is 2.33. The van der Waals surface area contributed by atoms with Gasteiger partial charge in [-0.05, 0) is 25.2 Å². The third-order valence-electron chi connectivity index (χ3n) is 3.05. The lowest BCUT2D eigenvalue weighted by molar-refractivity contribution is -0.120. The SMILES string of the molecule is CC1CC(N[C@@H](C)C(N)=O)C1C. The topological polar surface area (TPSA) is 55.1 Å². The molecule has 3 unspecified atom stereocenters. The first kappa shape index (κ1) is 9.52. The van der Waals surface area contributed by atoms with Crippen LogP contribution in [-0.4, -0.2) is 18.0 Å². The molecule has 0 bridgehead atoms. The molecule has 0 aliphatic heterocycles. The van der Waals surface area contributed by atoms with E-state index in [0.717, 1.165) is 5.92 Å². The van der Waals surface area contributed by atoms with Crippen molar-refractivity contribution in [3.05, 3.63) is 0 Å². The molecule has 1 aliphatic carbocycles. The average Bonchev–Trinajstić information content (AvgIpc) is 2.03. The monoisotopic (exact) mass is 170 g/mol. The minimum atomic E-state index is -0.262. The highest BCUT2D eigenvalue weighted by atomic mass is 16.1. The fourth-order valence-electron chi connectivity index (χ4n) is 1.65. The van der Waals surface area contributed by atoms with E-state index in [1.165, 1.54) is 6.42 Å². The summed E-state index contributed by atoms with van der Waals surface area (Å²) < 4.78 is 0. The van der Waals surface area contributed by atoms with Crippen molar-refractivity contribution < 1.29 is 4.79 Å². The van der Waals surface area contributed by atoms with Crippen molar-refractivity contribution >= 4 is 5.91 Å². The van der Waals surface area contributed by atoms with Gasteiger partial charge in [0.1, 0.15) is 0 Å². The van der Waals surface area contributed by atoms with E-state index in [0.29, 0.717) is 12.0 Å².